The number of carbonyl (C=O) groups is 3. The summed E-state index contributed by atoms with van der Waals surface area (Å²) < 4.78 is 5.43. The number of carbonyl (C=O) groups excluding carboxylic acids is 3. The van der Waals surface area contributed by atoms with Crippen molar-refractivity contribution in [3.8, 4) is 5.75 Å². The Kier molecular flexibility index (Phi) is 7.80. The van der Waals surface area contributed by atoms with E-state index in [4.69, 9.17) is 4.74 Å². The SMILES string of the molecule is COc1ccccc1C=C(C(=O)Nc1ccccc1)C(=O)N1CCN(c2ccc(C(C)=O)cc2)CC1. The number of Topliss-reactive ketones (excluding diaryl/α,β-unsaturated/α-hetero) is 1. The standard InChI is InChI=1S/C29H29N3O4/c1-21(33)22-12-14-25(15-13-22)31-16-18-32(19-17-31)29(35)26(20-23-8-6-7-11-27(23)36-2)28(34)30-24-9-4-3-5-10-24/h3-15,20H,16-19H2,1-2H3,(H,30,34). The molecule has 36 heavy (non-hydrogen) atoms. The zero-order valence-electron chi connectivity index (χ0n) is 20.4. The van der Waals surface area contributed by atoms with Crippen molar-refractivity contribution in [3.05, 3.63) is 95.6 Å². The second-order valence-corrected chi connectivity index (χ2v) is 8.50. The van der Waals surface area contributed by atoms with Gasteiger partial charge in [0.25, 0.3) is 11.8 Å². The molecule has 0 saturated carbocycles. The Balaban J connectivity index is 1.53. The van der Waals surface area contributed by atoms with Crippen molar-refractivity contribution in [1.29, 1.82) is 0 Å². The lowest BCUT2D eigenvalue weighted by Gasteiger charge is -2.36. The van der Waals surface area contributed by atoms with E-state index in [1.165, 1.54) is 0 Å². The van der Waals surface area contributed by atoms with E-state index in [0.717, 1.165) is 5.69 Å². The smallest absolute Gasteiger partial charge is 0.261 e. The van der Waals surface area contributed by atoms with Gasteiger partial charge in [0.1, 0.15) is 11.3 Å². The molecule has 1 saturated heterocycles. The summed E-state index contributed by atoms with van der Waals surface area (Å²) in [4.78, 5) is 42.3. The van der Waals surface area contributed by atoms with Crippen molar-refractivity contribution >= 4 is 35.0 Å². The monoisotopic (exact) mass is 483 g/mol. The number of rotatable bonds is 7. The maximum Gasteiger partial charge on any atom is 0.261 e. The molecule has 7 nitrogen and oxygen atoms in total. The lowest BCUT2D eigenvalue weighted by molar-refractivity contribution is -0.129. The fourth-order valence-electron chi connectivity index (χ4n) is 4.13. The number of nitrogens with zero attached hydrogens (tertiary/aromatic N) is 2. The number of nitrogens with one attached hydrogen (secondary N) is 1. The first-order chi connectivity index (χ1) is 17.5. The Morgan fingerprint density at radius 2 is 1.47 bits per heavy atom. The predicted molar refractivity (Wildman–Crippen MR) is 141 cm³/mol. The van der Waals surface area contributed by atoms with Gasteiger partial charge in [0.15, 0.2) is 5.78 Å². The molecule has 1 fully saturated rings. The highest BCUT2D eigenvalue weighted by Crippen LogP contribution is 2.23. The second-order valence-electron chi connectivity index (χ2n) is 8.50. The van der Waals surface area contributed by atoms with Crippen molar-refractivity contribution in [2.45, 2.75) is 6.92 Å². The number of methoxy groups -OCH3 is 1. The van der Waals surface area contributed by atoms with Gasteiger partial charge in [-0.25, -0.2) is 0 Å². The van der Waals surface area contributed by atoms with Crippen LogP contribution in [-0.2, 0) is 9.59 Å². The minimum absolute atomic E-state index is 0.0279. The quantitative estimate of drug-likeness (QED) is 0.235. The molecular formula is C29H29N3O4. The van der Waals surface area contributed by atoms with Crippen LogP contribution in [0.2, 0.25) is 0 Å². The Labute approximate surface area is 211 Å². The number of benzene rings is 3. The van der Waals surface area contributed by atoms with Gasteiger partial charge in [-0.1, -0.05) is 36.4 Å². The Morgan fingerprint density at radius 1 is 0.833 bits per heavy atom. The topological polar surface area (TPSA) is 79.0 Å². The first-order valence-electron chi connectivity index (χ1n) is 11.8. The van der Waals surface area contributed by atoms with Crippen molar-refractivity contribution in [2.75, 3.05) is 43.5 Å². The van der Waals surface area contributed by atoms with E-state index >= 15 is 0 Å². The summed E-state index contributed by atoms with van der Waals surface area (Å²) in [7, 11) is 1.56. The normalized spacial score (nSPS) is 13.8. The average molecular weight is 484 g/mol. The number of piperazine rings is 1. The van der Waals surface area contributed by atoms with Gasteiger partial charge in [0.05, 0.1) is 7.11 Å². The van der Waals surface area contributed by atoms with Crippen molar-refractivity contribution < 1.29 is 19.1 Å². The zero-order chi connectivity index (χ0) is 25.5. The number of para-hydroxylation sites is 2. The summed E-state index contributed by atoms with van der Waals surface area (Å²) >= 11 is 0. The Bertz CT molecular complexity index is 1260. The van der Waals surface area contributed by atoms with E-state index < -0.39 is 5.91 Å². The third kappa shape index (κ3) is 5.81. The van der Waals surface area contributed by atoms with Crippen molar-refractivity contribution in [1.82, 2.24) is 4.90 Å². The maximum absolute atomic E-state index is 13.6. The fourth-order valence-corrected chi connectivity index (χ4v) is 4.13. The Morgan fingerprint density at radius 3 is 2.11 bits per heavy atom. The molecule has 0 aromatic heterocycles. The molecule has 7 heteroatoms. The Hall–Kier alpha value is -4.39. The van der Waals surface area contributed by atoms with Crippen LogP contribution in [0.25, 0.3) is 6.08 Å². The molecule has 3 aromatic carbocycles. The molecule has 1 aliphatic rings. The highest BCUT2D eigenvalue weighted by Gasteiger charge is 2.28. The average Bonchev–Trinajstić information content (AvgIpc) is 2.92. The van der Waals surface area contributed by atoms with Crippen LogP contribution in [0.4, 0.5) is 11.4 Å². The molecule has 1 heterocycles. The van der Waals surface area contributed by atoms with Gasteiger partial charge in [-0.05, 0) is 55.5 Å². The predicted octanol–water partition coefficient (Wildman–Crippen LogP) is 4.27. The number of hydrogen-bond donors (Lipinski definition) is 1. The lowest BCUT2D eigenvalue weighted by Crippen LogP contribution is -2.50. The third-order valence-corrected chi connectivity index (χ3v) is 6.15. The third-order valence-electron chi connectivity index (χ3n) is 6.15. The summed E-state index contributed by atoms with van der Waals surface area (Å²) in [6, 6.07) is 23.8. The summed E-state index contributed by atoms with van der Waals surface area (Å²) in [5.74, 6) is -0.200. The molecule has 0 spiro atoms. The highest BCUT2D eigenvalue weighted by molar-refractivity contribution is 6.25. The number of hydrogen-bond acceptors (Lipinski definition) is 5. The van der Waals surface area contributed by atoms with Gasteiger partial charge in [-0.3, -0.25) is 14.4 Å². The van der Waals surface area contributed by atoms with Crippen molar-refractivity contribution in [2.24, 2.45) is 0 Å². The van der Waals surface area contributed by atoms with Gasteiger partial charge in [-0.2, -0.15) is 0 Å². The summed E-state index contributed by atoms with van der Waals surface area (Å²) in [6.45, 7) is 3.72. The number of ketones is 1. The van der Waals surface area contributed by atoms with E-state index in [1.54, 1.807) is 43.2 Å². The van der Waals surface area contributed by atoms with E-state index in [2.05, 4.69) is 10.2 Å². The summed E-state index contributed by atoms with van der Waals surface area (Å²) in [5, 5.41) is 2.84. The number of amides is 2. The molecular weight excluding hydrogens is 454 g/mol. The van der Waals surface area contributed by atoms with Crippen LogP contribution in [-0.4, -0.2) is 55.8 Å². The molecule has 0 atom stereocenters. The molecule has 0 aliphatic carbocycles. The lowest BCUT2D eigenvalue weighted by atomic mass is 10.1. The number of ether oxygens (including phenoxy) is 1. The molecule has 2 amide bonds. The van der Waals surface area contributed by atoms with E-state index in [0.29, 0.717) is 48.7 Å². The zero-order valence-corrected chi connectivity index (χ0v) is 20.4. The molecule has 0 bridgehead atoms. The second kappa shape index (κ2) is 11.4. The van der Waals surface area contributed by atoms with E-state index in [9.17, 15) is 14.4 Å². The van der Waals surface area contributed by atoms with Gasteiger partial charge in [-0.15, -0.1) is 0 Å². The molecule has 1 aliphatic heterocycles. The molecule has 0 unspecified atom stereocenters. The highest BCUT2D eigenvalue weighted by atomic mass is 16.5. The van der Waals surface area contributed by atoms with Crippen LogP contribution in [0, 0.1) is 0 Å². The number of anilines is 2. The van der Waals surface area contributed by atoms with Gasteiger partial charge < -0.3 is 19.9 Å². The van der Waals surface area contributed by atoms with Crippen LogP contribution in [0.15, 0.2) is 84.4 Å². The van der Waals surface area contributed by atoms with E-state index in [-0.39, 0.29) is 17.3 Å². The van der Waals surface area contributed by atoms with Crippen LogP contribution >= 0.6 is 0 Å². The van der Waals surface area contributed by atoms with Crippen molar-refractivity contribution in [3.63, 3.8) is 0 Å². The van der Waals surface area contributed by atoms with Crippen LogP contribution in [0.1, 0.15) is 22.8 Å². The van der Waals surface area contributed by atoms with Crippen LogP contribution in [0.3, 0.4) is 0 Å². The van der Waals surface area contributed by atoms with Gasteiger partial charge in [0.2, 0.25) is 0 Å². The maximum atomic E-state index is 13.6. The molecule has 1 N–H and O–H groups in total. The molecule has 4 rings (SSSR count). The van der Waals surface area contributed by atoms with Crippen LogP contribution in [0.5, 0.6) is 5.75 Å². The first-order valence-corrected chi connectivity index (χ1v) is 11.8. The summed E-state index contributed by atoms with van der Waals surface area (Å²) in [6.07, 6.45) is 1.59. The fraction of sp³-hybridized carbons (Fsp3) is 0.207. The van der Waals surface area contributed by atoms with Crippen LogP contribution < -0.4 is 15.0 Å². The largest absolute Gasteiger partial charge is 0.496 e. The minimum Gasteiger partial charge on any atom is -0.496 e. The molecule has 0 radical (unpaired) electrons. The summed E-state index contributed by atoms with van der Waals surface area (Å²) in [5.41, 5.74) is 2.97. The molecule has 184 valence electrons. The first kappa shape index (κ1) is 24.7. The van der Waals surface area contributed by atoms with Gasteiger partial charge in [0, 0.05) is 48.7 Å². The van der Waals surface area contributed by atoms with E-state index in [1.807, 2.05) is 60.7 Å². The molecule has 3 aromatic rings. The van der Waals surface area contributed by atoms with Gasteiger partial charge >= 0.3 is 0 Å². The minimum atomic E-state index is -0.473.